The van der Waals surface area contributed by atoms with Crippen molar-refractivity contribution in [2.24, 2.45) is 5.92 Å². The molecule has 0 bridgehead atoms. The van der Waals surface area contributed by atoms with E-state index in [0.717, 1.165) is 37.9 Å². The van der Waals surface area contributed by atoms with Gasteiger partial charge in [-0.2, -0.15) is 10.1 Å². The van der Waals surface area contributed by atoms with Crippen molar-refractivity contribution in [1.82, 2.24) is 15.2 Å². The molecular formula is C24H29N5. The number of hydrogen-bond acceptors (Lipinski definition) is 5. The molecule has 2 heterocycles. The van der Waals surface area contributed by atoms with Gasteiger partial charge in [-0.3, -0.25) is 0 Å². The Hall–Kier alpha value is -2.95. The molecule has 1 aliphatic heterocycles. The molecular weight excluding hydrogens is 358 g/mol. The van der Waals surface area contributed by atoms with Gasteiger partial charge in [-0.15, -0.1) is 5.10 Å². The van der Waals surface area contributed by atoms with Crippen LogP contribution in [0.4, 0.5) is 11.8 Å². The Bertz CT molecular complexity index is 876. The first-order chi connectivity index (χ1) is 14.3. The van der Waals surface area contributed by atoms with Crippen LogP contribution in [0.1, 0.15) is 30.9 Å². The fraction of sp³-hybridized carbons (Fsp3) is 0.375. The Morgan fingerprint density at radius 1 is 0.931 bits per heavy atom. The van der Waals surface area contributed by atoms with Gasteiger partial charge in [0, 0.05) is 26.2 Å². The molecule has 2 aromatic carbocycles. The van der Waals surface area contributed by atoms with Crippen LogP contribution in [0.2, 0.25) is 0 Å². The summed E-state index contributed by atoms with van der Waals surface area (Å²) in [5.74, 6) is 2.40. The van der Waals surface area contributed by atoms with Crippen LogP contribution in [0.3, 0.4) is 0 Å². The molecule has 0 aliphatic carbocycles. The number of hydrogen-bond donors (Lipinski definition) is 0. The van der Waals surface area contributed by atoms with Crippen molar-refractivity contribution in [3.8, 4) is 0 Å². The summed E-state index contributed by atoms with van der Waals surface area (Å²) in [7, 11) is 0. The normalized spacial score (nSPS) is 14.7. The largest absolute Gasteiger partial charge is 0.355 e. The van der Waals surface area contributed by atoms with Gasteiger partial charge in [0.2, 0.25) is 5.95 Å². The van der Waals surface area contributed by atoms with Crippen LogP contribution >= 0.6 is 0 Å². The summed E-state index contributed by atoms with van der Waals surface area (Å²) in [4.78, 5) is 9.38. The van der Waals surface area contributed by atoms with Crippen LogP contribution in [0.15, 0.2) is 66.9 Å². The van der Waals surface area contributed by atoms with Crippen molar-refractivity contribution in [2.75, 3.05) is 29.4 Å². The average Bonchev–Trinajstić information content (AvgIpc) is 2.79. The van der Waals surface area contributed by atoms with Gasteiger partial charge in [-0.25, -0.2) is 0 Å². The summed E-state index contributed by atoms with van der Waals surface area (Å²) >= 11 is 0. The van der Waals surface area contributed by atoms with Crippen LogP contribution in [-0.2, 0) is 13.0 Å². The minimum absolute atomic E-state index is 0.709. The Kier molecular flexibility index (Phi) is 6.35. The summed E-state index contributed by atoms with van der Waals surface area (Å²) in [6.45, 7) is 5.83. The summed E-state index contributed by atoms with van der Waals surface area (Å²) in [5, 5.41) is 8.57. The van der Waals surface area contributed by atoms with Gasteiger partial charge in [-0.05, 0) is 43.2 Å². The second-order valence-corrected chi connectivity index (χ2v) is 7.73. The molecule has 5 heteroatoms. The van der Waals surface area contributed by atoms with Crippen LogP contribution in [0, 0.1) is 5.92 Å². The third-order valence-corrected chi connectivity index (χ3v) is 5.72. The number of piperidine rings is 1. The van der Waals surface area contributed by atoms with Gasteiger partial charge < -0.3 is 9.80 Å². The minimum Gasteiger partial charge on any atom is -0.355 e. The Balaban J connectivity index is 1.38. The topological polar surface area (TPSA) is 45.2 Å². The molecule has 4 rings (SSSR count). The summed E-state index contributed by atoms with van der Waals surface area (Å²) < 4.78 is 0. The first kappa shape index (κ1) is 19.4. The molecule has 150 valence electrons. The van der Waals surface area contributed by atoms with Gasteiger partial charge in [0.15, 0.2) is 5.82 Å². The molecule has 0 radical (unpaired) electrons. The second-order valence-electron chi connectivity index (χ2n) is 7.73. The van der Waals surface area contributed by atoms with E-state index in [0.29, 0.717) is 5.95 Å². The minimum atomic E-state index is 0.709. The van der Waals surface area contributed by atoms with Gasteiger partial charge in [0.1, 0.15) is 0 Å². The molecule has 1 aliphatic rings. The standard InChI is InChI=1S/C24H29N5/c1-2-28(19-22-11-7-4-8-12-22)24-26-23(18-25-27-24)29-15-13-21(14-16-29)17-20-9-5-3-6-10-20/h3-12,18,21H,2,13-17,19H2,1H3. The average molecular weight is 388 g/mol. The molecule has 1 saturated heterocycles. The van der Waals surface area contributed by atoms with Gasteiger partial charge in [0.25, 0.3) is 0 Å². The number of anilines is 2. The molecule has 5 nitrogen and oxygen atoms in total. The van der Waals surface area contributed by atoms with Crippen molar-refractivity contribution in [2.45, 2.75) is 32.7 Å². The molecule has 1 aromatic heterocycles. The van der Waals surface area contributed by atoms with Crippen LogP contribution < -0.4 is 9.80 Å². The molecule has 0 N–H and O–H groups in total. The van der Waals surface area contributed by atoms with Crippen LogP contribution in [0.25, 0.3) is 0 Å². The number of rotatable bonds is 7. The predicted octanol–water partition coefficient (Wildman–Crippen LogP) is 4.36. The SMILES string of the molecule is CCN(Cc1ccccc1)c1nncc(N2CCC(Cc3ccccc3)CC2)n1. The molecule has 29 heavy (non-hydrogen) atoms. The zero-order valence-electron chi connectivity index (χ0n) is 17.1. The van der Waals surface area contributed by atoms with Crippen molar-refractivity contribution in [3.05, 3.63) is 78.0 Å². The zero-order valence-corrected chi connectivity index (χ0v) is 17.1. The summed E-state index contributed by atoms with van der Waals surface area (Å²) in [5.41, 5.74) is 2.70. The maximum Gasteiger partial charge on any atom is 0.247 e. The first-order valence-electron chi connectivity index (χ1n) is 10.6. The third kappa shape index (κ3) is 5.11. The second kappa shape index (κ2) is 9.50. The van der Waals surface area contributed by atoms with Crippen LogP contribution in [-0.4, -0.2) is 34.8 Å². The highest BCUT2D eigenvalue weighted by Crippen LogP contribution is 2.25. The number of nitrogens with zero attached hydrogens (tertiary/aromatic N) is 5. The van der Waals surface area contributed by atoms with E-state index < -0.39 is 0 Å². The van der Waals surface area contributed by atoms with E-state index in [-0.39, 0.29) is 0 Å². The third-order valence-electron chi connectivity index (χ3n) is 5.72. The maximum absolute atomic E-state index is 4.85. The first-order valence-corrected chi connectivity index (χ1v) is 10.6. The van der Waals surface area contributed by atoms with E-state index in [4.69, 9.17) is 4.98 Å². The highest BCUT2D eigenvalue weighted by Gasteiger charge is 2.21. The molecule has 0 saturated carbocycles. The smallest absolute Gasteiger partial charge is 0.247 e. The van der Waals surface area contributed by atoms with Gasteiger partial charge >= 0.3 is 0 Å². The molecule has 0 spiro atoms. The lowest BCUT2D eigenvalue weighted by Gasteiger charge is -2.33. The van der Waals surface area contributed by atoms with Gasteiger partial charge in [-0.1, -0.05) is 60.7 Å². The van der Waals surface area contributed by atoms with Crippen molar-refractivity contribution in [3.63, 3.8) is 0 Å². The zero-order chi connectivity index (χ0) is 19.9. The lowest BCUT2D eigenvalue weighted by Crippen LogP contribution is -2.35. The Labute approximate surface area is 173 Å². The van der Waals surface area contributed by atoms with E-state index in [1.54, 1.807) is 6.20 Å². The Morgan fingerprint density at radius 3 is 2.24 bits per heavy atom. The lowest BCUT2D eigenvalue weighted by molar-refractivity contribution is 0.402. The maximum atomic E-state index is 4.85. The quantitative estimate of drug-likeness (QED) is 0.603. The van der Waals surface area contributed by atoms with E-state index >= 15 is 0 Å². The van der Waals surface area contributed by atoms with E-state index in [1.807, 2.05) is 6.07 Å². The van der Waals surface area contributed by atoms with Crippen LogP contribution in [0.5, 0.6) is 0 Å². The molecule has 0 atom stereocenters. The number of aromatic nitrogens is 3. The summed E-state index contributed by atoms with van der Waals surface area (Å²) in [6, 6.07) is 21.3. The van der Waals surface area contributed by atoms with Crippen molar-refractivity contribution >= 4 is 11.8 Å². The molecule has 3 aromatic rings. The van der Waals surface area contributed by atoms with E-state index in [2.05, 4.69) is 81.5 Å². The van der Waals surface area contributed by atoms with Gasteiger partial charge in [0.05, 0.1) is 6.20 Å². The fourth-order valence-electron chi connectivity index (χ4n) is 4.01. The van der Waals surface area contributed by atoms with E-state index in [1.165, 1.54) is 30.4 Å². The van der Waals surface area contributed by atoms with Crippen molar-refractivity contribution < 1.29 is 0 Å². The predicted molar refractivity (Wildman–Crippen MR) is 118 cm³/mol. The highest BCUT2D eigenvalue weighted by molar-refractivity contribution is 5.42. The summed E-state index contributed by atoms with van der Waals surface area (Å²) in [6.07, 6.45) is 5.35. The van der Waals surface area contributed by atoms with E-state index in [9.17, 15) is 0 Å². The Morgan fingerprint density at radius 2 is 1.59 bits per heavy atom. The number of benzene rings is 2. The highest BCUT2D eigenvalue weighted by atomic mass is 15.3. The molecule has 0 unspecified atom stereocenters. The molecule has 0 amide bonds. The molecule has 1 fully saturated rings. The fourth-order valence-corrected chi connectivity index (χ4v) is 4.01. The van der Waals surface area contributed by atoms with Crippen molar-refractivity contribution in [1.29, 1.82) is 0 Å². The lowest BCUT2D eigenvalue weighted by atomic mass is 9.90. The monoisotopic (exact) mass is 387 g/mol.